The maximum Gasteiger partial charge on any atom is 0.134 e. The summed E-state index contributed by atoms with van der Waals surface area (Å²) in [6.07, 6.45) is 9.39. The van der Waals surface area contributed by atoms with Crippen molar-refractivity contribution in [3.8, 4) is 11.5 Å². The first-order valence-corrected chi connectivity index (χ1v) is 6.99. The Morgan fingerprint density at radius 3 is 2.40 bits per heavy atom. The van der Waals surface area contributed by atoms with Gasteiger partial charge in [0.2, 0.25) is 0 Å². The van der Waals surface area contributed by atoms with E-state index in [-0.39, 0.29) is 0 Å². The zero-order chi connectivity index (χ0) is 14.2. The molecule has 0 aliphatic carbocycles. The highest BCUT2D eigenvalue weighted by molar-refractivity contribution is 5.58. The maximum atomic E-state index is 5.95. The molecule has 2 rings (SSSR count). The molecule has 2 aromatic carbocycles. The fourth-order valence-corrected chi connectivity index (χ4v) is 1.92. The van der Waals surface area contributed by atoms with Crippen LogP contribution in [-0.2, 0) is 0 Å². The van der Waals surface area contributed by atoms with Crippen LogP contribution in [0.25, 0.3) is 12.2 Å². The Bertz CT molecular complexity index is 591. The number of allylic oxidation sites excluding steroid dienone is 2. The SMILES string of the molecule is C/C=C/c1ccccc1Oc1ccc(/C=C/CC)cc1. The third-order valence-corrected chi connectivity index (χ3v) is 2.92. The Balaban J connectivity index is 2.16. The molecule has 0 N–H and O–H groups in total. The Morgan fingerprint density at radius 2 is 1.70 bits per heavy atom. The molecule has 0 fully saturated rings. The molecule has 0 saturated carbocycles. The van der Waals surface area contributed by atoms with Crippen LogP contribution >= 0.6 is 0 Å². The molecule has 2 aromatic rings. The van der Waals surface area contributed by atoms with Gasteiger partial charge in [-0.05, 0) is 37.1 Å². The van der Waals surface area contributed by atoms with Gasteiger partial charge in [-0.25, -0.2) is 0 Å². The van der Waals surface area contributed by atoms with Gasteiger partial charge >= 0.3 is 0 Å². The molecule has 0 amide bonds. The summed E-state index contributed by atoms with van der Waals surface area (Å²) in [6.45, 7) is 4.14. The topological polar surface area (TPSA) is 9.23 Å². The number of hydrogen-bond donors (Lipinski definition) is 0. The first kappa shape index (κ1) is 14.1. The third kappa shape index (κ3) is 3.86. The van der Waals surface area contributed by atoms with Gasteiger partial charge in [0.05, 0.1) is 0 Å². The fraction of sp³-hybridized carbons (Fsp3) is 0.158. The standard InChI is InChI=1S/C19H20O/c1-3-5-9-16-12-14-18(15-13-16)20-19-11-7-6-10-17(19)8-4-2/h4-15H,3H2,1-2H3/b8-4+,9-5+. The van der Waals surface area contributed by atoms with Gasteiger partial charge in [-0.3, -0.25) is 0 Å². The van der Waals surface area contributed by atoms with Gasteiger partial charge in [-0.1, -0.05) is 61.6 Å². The minimum absolute atomic E-state index is 0.857. The van der Waals surface area contributed by atoms with Crippen LogP contribution in [-0.4, -0.2) is 0 Å². The van der Waals surface area contributed by atoms with Gasteiger partial charge in [0.1, 0.15) is 11.5 Å². The lowest BCUT2D eigenvalue weighted by atomic mass is 10.1. The van der Waals surface area contributed by atoms with E-state index in [1.807, 2.05) is 55.5 Å². The predicted octanol–water partition coefficient (Wildman–Crippen LogP) is 5.94. The molecule has 0 unspecified atom stereocenters. The van der Waals surface area contributed by atoms with Crippen molar-refractivity contribution < 1.29 is 4.74 Å². The molecule has 0 aliphatic heterocycles. The Hall–Kier alpha value is -2.28. The average Bonchev–Trinajstić information content (AvgIpc) is 2.49. The molecule has 1 nitrogen and oxygen atoms in total. The predicted molar refractivity (Wildman–Crippen MR) is 87.0 cm³/mol. The van der Waals surface area contributed by atoms with Crippen molar-refractivity contribution in [2.24, 2.45) is 0 Å². The molecular formula is C19H20O. The highest BCUT2D eigenvalue weighted by atomic mass is 16.5. The van der Waals surface area contributed by atoms with Crippen LogP contribution in [0.4, 0.5) is 0 Å². The van der Waals surface area contributed by atoms with E-state index < -0.39 is 0 Å². The summed E-state index contributed by atoms with van der Waals surface area (Å²) in [7, 11) is 0. The number of ether oxygens (including phenoxy) is 1. The molecule has 102 valence electrons. The summed E-state index contributed by atoms with van der Waals surface area (Å²) >= 11 is 0. The van der Waals surface area contributed by atoms with E-state index in [9.17, 15) is 0 Å². The van der Waals surface area contributed by atoms with Crippen LogP contribution in [0.15, 0.2) is 60.7 Å². The first-order chi connectivity index (χ1) is 9.83. The van der Waals surface area contributed by atoms with Gasteiger partial charge in [0.25, 0.3) is 0 Å². The number of hydrogen-bond acceptors (Lipinski definition) is 1. The summed E-state index contributed by atoms with van der Waals surface area (Å²) < 4.78 is 5.95. The lowest BCUT2D eigenvalue weighted by Crippen LogP contribution is -1.87. The third-order valence-electron chi connectivity index (χ3n) is 2.92. The van der Waals surface area contributed by atoms with E-state index in [1.165, 1.54) is 5.56 Å². The van der Waals surface area contributed by atoms with E-state index in [0.29, 0.717) is 0 Å². The second-order valence-corrected chi connectivity index (χ2v) is 4.52. The van der Waals surface area contributed by atoms with Crippen molar-refractivity contribution in [3.63, 3.8) is 0 Å². The fourth-order valence-electron chi connectivity index (χ4n) is 1.92. The highest BCUT2D eigenvalue weighted by Gasteiger charge is 2.01. The molecule has 20 heavy (non-hydrogen) atoms. The van der Waals surface area contributed by atoms with Crippen molar-refractivity contribution in [1.29, 1.82) is 0 Å². The van der Waals surface area contributed by atoms with Gasteiger partial charge < -0.3 is 4.74 Å². The van der Waals surface area contributed by atoms with E-state index in [1.54, 1.807) is 0 Å². The zero-order valence-corrected chi connectivity index (χ0v) is 12.0. The molecule has 0 spiro atoms. The number of rotatable bonds is 5. The Labute approximate surface area is 121 Å². The normalized spacial score (nSPS) is 11.3. The Morgan fingerprint density at radius 1 is 0.950 bits per heavy atom. The van der Waals surface area contributed by atoms with Crippen LogP contribution in [0.2, 0.25) is 0 Å². The molecule has 0 atom stereocenters. The quantitative estimate of drug-likeness (QED) is 0.649. The second-order valence-electron chi connectivity index (χ2n) is 4.52. The van der Waals surface area contributed by atoms with Crippen LogP contribution < -0.4 is 4.74 Å². The summed E-state index contributed by atoms with van der Waals surface area (Å²) in [6, 6.07) is 16.2. The van der Waals surface area contributed by atoms with Crippen molar-refractivity contribution >= 4 is 12.2 Å². The molecular weight excluding hydrogens is 244 g/mol. The van der Waals surface area contributed by atoms with Crippen LogP contribution in [0.5, 0.6) is 11.5 Å². The summed E-state index contributed by atoms with van der Waals surface area (Å²) in [5.41, 5.74) is 2.28. The molecule has 0 bridgehead atoms. The average molecular weight is 264 g/mol. The van der Waals surface area contributed by atoms with E-state index >= 15 is 0 Å². The van der Waals surface area contributed by atoms with Crippen molar-refractivity contribution in [2.75, 3.05) is 0 Å². The number of para-hydroxylation sites is 1. The summed E-state index contributed by atoms with van der Waals surface area (Å²) in [4.78, 5) is 0. The molecule has 0 radical (unpaired) electrons. The van der Waals surface area contributed by atoms with Gasteiger partial charge in [0, 0.05) is 5.56 Å². The van der Waals surface area contributed by atoms with E-state index in [2.05, 4.69) is 31.2 Å². The van der Waals surface area contributed by atoms with Crippen molar-refractivity contribution in [3.05, 3.63) is 71.8 Å². The molecule has 0 aromatic heterocycles. The maximum absolute atomic E-state index is 5.95. The molecule has 1 heteroatoms. The summed E-state index contributed by atoms with van der Waals surface area (Å²) in [5.74, 6) is 1.73. The van der Waals surface area contributed by atoms with Gasteiger partial charge in [0.15, 0.2) is 0 Å². The Kier molecular flexibility index (Phi) is 5.19. The lowest BCUT2D eigenvalue weighted by Gasteiger charge is -2.08. The van der Waals surface area contributed by atoms with Crippen molar-refractivity contribution in [2.45, 2.75) is 20.3 Å². The van der Waals surface area contributed by atoms with Crippen LogP contribution in [0, 0.1) is 0 Å². The first-order valence-electron chi connectivity index (χ1n) is 6.99. The van der Waals surface area contributed by atoms with E-state index in [0.717, 1.165) is 23.5 Å². The summed E-state index contributed by atoms with van der Waals surface area (Å²) in [5, 5.41) is 0. The van der Waals surface area contributed by atoms with Crippen LogP contribution in [0.3, 0.4) is 0 Å². The zero-order valence-electron chi connectivity index (χ0n) is 12.0. The molecule has 0 heterocycles. The van der Waals surface area contributed by atoms with Crippen LogP contribution in [0.1, 0.15) is 31.4 Å². The smallest absolute Gasteiger partial charge is 0.134 e. The minimum Gasteiger partial charge on any atom is -0.457 e. The molecule has 0 aliphatic rings. The second kappa shape index (κ2) is 7.34. The highest BCUT2D eigenvalue weighted by Crippen LogP contribution is 2.26. The molecule has 0 saturated heterocycles. The minimum atomic E-state index is 0.857. The number of benzene rings is 2. The van der Waals surface area contributed by atoms with Gasteiger partial charge in [-0.2, -0.15) is 0 Å². The lowest BCUT2D eigenvalue weighted by molar-refractivity contribution is 0.481. The van der Waals surface area contributed by atoms with Crippen molar-refractivity contribution in [1.82, 2.24) is 0 Å². The monoisotopic (exact) mass is 264 g/mol. The van der Waals surface area contributed by atoms with E-state index in [4.69, 9.17) is 4.74 Å². The largest absolute Gasteiger partial charge is 0.457 e. The van der Waals surface area contributed by atoms with Gasteiger partial charge in [-0.15, -0.1) is 0 Å².